The van der Waals surface area contributed by atoms with E-state index in [0.717, 1.165) is 0 Å². The molecule has 0 heterocycles. The Morgan fingerprint density at radius 1 is 1.17 bits per heavy atom. The van der Waals surface area contributed by atoms with Gasteiger partial charge in [-0.15, -0.1) is 0 Å². The van der Waals surface area contributed by atoms with Crippen molar-refractivity contribution < 1.29 is 19.2 Å². The molecule has 2 aromatic carbocycles. The van der Waals surface area contributed by atoms with Crippen LogP contribution in [-0.4, -0.2) is 23.9 Å². The summed E-state index contributed by atoms with van der Waals surface area (Å²) in [4.78, 5) is 33.9. The maximum absolute atomic E-state index is 12.1. The van der Waals surface area contributed by atoms with Gasteiger partial charge in [0.15, 0.2) is 0 Å². The molecular formula is C16H14N2O5. The number of methoxy groups -OCH3 is 1. The van der Waals surface area contributed by atoms with Gasteiger partial charge in [0.1, 0.15) is 0 Å². The molecule has 0 aliphatic rings. The number of rotatable bonds is 5. The van der Waals surface area contributed by atoms with Crippen LogP contribution in [0.2, 0.25) is 0 Å². The number of amides is 1. The molecule has 7 nitrogen and oxygen atoms in total. The first-order valence-electron chi connectivity index (χ1n) is 6.72. The molecule has 0 bridgehead atoms. The van der Waals surface area contributed by atoms with Gasteiger partial charge in [0.25, 0.3) is 5.69 Å². The van der Waals surface area contributed by atoms with Crippen LogP contribution in [-0.2, 0) is 16.0 Å². The zero-order valence-electron chi connectivity index (χ0n) is 12.3. The first-order valence-corrected chi connectivity index (χ1v) is 6.72. The van der Waals surface area contributed by atoms with Crippen LogP contribution in [0.5, 0.6) is 0 Å². The van der Waals surface area contributed by atoms with Gasteiger partial charge in [-0.05, 0) is 18.2 Å². The Morgan fingerprint density at radius 3 is 2.61 bits per heavy atom. The van der Waals surface area contributed by atoms with Crippen molar-refractivity contribution in [2.24, 2.45) is 0 Å². The Labute approximate surface area is 132 Å². The molecule has 2 aromatic rings. The van der Waals surface area contributed by atoms with E-state index in [1.54, 1.807) is 30.3 Å². The van der Waals surface area contributed by atoms with Crippen molar-refractivity contribution in [2.75, 3.05) is 12.4 Å². The van der Waals surface area contributed by atoms with Crippen LogP contribution in [0.4, 0.5) is 11.4 Å². The number of nitrogens with one attached hydrogen (secondary N) is 1. The van der Waals surface area contributed by atoms with Gasteiger partial charge in [0.05, 0.1) is 24.0 Å². The first-order chi connectivity index (χ1) is 11.0. The maximum atomic E-state index is 12.1. The van der Waals surface area contributed by atoms with Gasteiger partial charge < -0.3 is 10.1 Å². The summed E-state index contributed by atoms with van der Waals surface area (Å²) in [6.45, 7) is 0. The fourth-order valence-electron chi connectivity index (χ4n) is 2.06. The van der Waals surface area contributed by atoms with E-state index in [4.69, 9.17) is 0 Å². The molecule has 0 saturated heterocycles. The number of nitrogens with zero attached hydrogens (tertiary/aromatic N) is 1. The fraction of sp³-hybridized carbons (Fsp3) is 0.125. The number of carbonyl (C=O) groups is 2. The van der Waals surface area contributed by atoms with Crippen molar-refractivity contribution in [1.29, 1.82) is 0 Å². The lowest BCUT2D eigenvalue weighted by atomic mass is 10.1. The Balaban J connectivity index is 2.12. The lowest BCUT2D eigenvalue weighted by Gasteiger charge is -2.07. The molecular weight excluding hydrogens is 300 g/mol. The standard InChI is InChI=1S/C16H14N2O5/c1-23-16(20)12-6-4-7-13(9-12)17-15(19)10-11-5-2-3-8-14(11)18(21)22/h2-9H,10H2,1H3,(H,17,19). The number of esters is 1. The van der Waals surface area contributed by atoms with Crippen LogP contribution < -0.4 is 5.32 Å². The van der Waals surface area contributed by atoms with E-state index < -0.39 is 16.8 Å². The lowest BCUT2D eigenvalue weighted by molar-refractivity contribution is -0.385. The normalized spacial score (nSPS) is 9.96. The van der Waals surface area contributed by atoms with Gasteiger partial charge in [-0.2, -0.15) is 0 Å². The summed E-state index contributed by atoms with van der Waals surface area (Å²) >= 11 is 0. The summed E-state index contributed by atoms with van der Waals surface area (Å²) < 4.78 is 4.61. The Hall–Kier alpha value is -3.22. The van der Waals surface area contributed by atoms with Gasteiger partial charge in [-0.25, -0.2) is 4.79 Å². The van der Waals surface area contributed by atoms with Crippen molar-refractivity contribution in [3.8, 4) is 0 Å². The van der Waals surface area contributed by atoms with Crippen LogP contribution in [0.15, 0.2) is 48.5 Å². The molecule has 0 radical (unpaired) electrons. The first kappa shape index (κ1) is 16.2. The third-order valence-electron chi connectivity index (χ3n) is 3.11. The molecule has 23 heavy (non-hydrogen) atoms. The second-order valence-electron chi connectivity index (χ2n) is 4.68. The molecule has 0 aliphatic heterocycles. The lowest BCUT2D eigenvalue weighted by Crippen LogP contribution is -2.15. The van der Waals surface area contributed by atoms with Crippen LogP contribution in [0.1, 0.15) is 15.9 Å². The summed E-state index contributed by atoms with van der Waals surface area (Å²) in [5, 5.41) is 13.5. The highest BCUT2D eigenvalue weighted by atomic mass is 16.6. The molecule has 0 atom stereocenters. The highest BCUT2D eigenvalue weighted by Crippen LogP contribution is 2.19. The van der Waals surface area contributed by atoms with Crippen molar-refractivity contribution in [3.05, 3.63) is 69.8 Å². The minimum absolute atomic E-state index is 0.106. The van der Waals surface area contributed by atoms with Crippen molar-refractivity contribution in [2.45, 2.75) is 6.42 Å². The van der Waals surface area contributed by atoms with Crippen molar-refractivity contribution in [3.63, 3.8) is 0 Å². The summed E-state index contributed by atoms with van der Waals surface area (Å²) in [7, 11) is 1.27. The number of nitro benzene ring substituents is 1. The van der Waals surface area contributed by atoms with Crippen molar-refractivity contribution >= 4 is 23.3 Å². The fourth-order valence-corrected chi connectivity index (χ4v) is 2.06. The average Bonchev–Trinajstić information content (AvgIpc) is 2.54. The van der Waals surface area contributed by atoms with E-state index >= 15 is 0 Å². The zero-order valence-corrected chi connectivity index (χ0v) is 12.3. The molecule has 7 heteroatoms. The van der Waals surface area contributed by atoms with Crippen LogP contribution in [0.3, 0.4) is 0 Å². The number of hydrogen-bond acceptors (Lipinski definition) is 5. The number of benzene rings is 2. The predicted octanol–water partition coefficient (Wildman–Crippen LogP) is 2.56. The van der Waals surface area contributed by atoms with Gasteiger partial charge in [-0.1, -0.05) is 24.3 Å². The monoisotopic (exact) mass is 314 g/mol. The Bertz CT molecular complexity index is 758. The SMILES string of the molecule is COC(=O)c1cccc(NC(=O)Cc2ccccc2[N+](=O)[O-])c1. The number of ether oxygens (including phenoxy) is 1. The molecule has 118 valence electrons. The van der Waals surface area contributed by atoms with Gasteiger partial charge >= 0.3 is 5.97 Å². The Kier molecular flexibility index (Phi) is 5.03. The third-order valence-corrected chi connectivity index (χ3v) is 3.11. The van der Waals surface area contributed by atoms with Crippen molar-refractivity contribution in [1.82, 2.24) is 0 Å². The van der Waals surface area contributed by atoms with E-state index in [0.29, 0.717) is 16.8 Å². The molecule has 1 amide bonds. The molecule has 0 spiro atoms. The highest BCUT2D eigenvalue weighted by Gasteiger charge is 2.16. The van der Waals surface area contributed by atoms with Crippen LogP contribution in [0, 0.1) is 10.1 Å². The second-order valence-corrected chi connectivity index (χ2v) is 4.68. The van der Waals surface area contributed by atoms with E-state index in [2.05, 4.69) is 10.1 Å². The number of nitro groups is 1. The number of hydrogen-bond donors (Lipinski definition) is 1. The zero-order chi connectivity index (χ0) is 16.8. The second kappa shape index (κ2) is 7.17. The molecule has 0 saturated carbocycles. The minimum Gasteiger partial charge on any atom is -0.465 e. The summed E-state index contributed by atoms with van der Waals surface area (Å²) in [6.07, 6.45) is -0.139. The van der Waals surface area contributed by atoms with Crippen LogP contribution in [0.25, 0.3) is 0 Å². The molecule has 0 aromatic heterocycles. The van der Waals surface area contributed by atoms with E-state index in [-0.39, 0.29) is 12.1 Å². The summed E-state index contributed by atoms with van der Waals surface area (Å²) in [5.41, 5.74) is 0.928. The number of para-hydroxylation sites is 1. The largest absolute Gasteiger partial charge is 0.465 e. The predicted molar refractivity (Wildman–Crippen MR) is 83.2 cm³/mol. The van der Waals surface area contributed by atoms with E-state index in [1.165, 1.54) is 25.3 Å². The van der Waals surface area contributed by atoms with Gasteiger partial charge in [0.2, 0.25) is 5.91 Å². The number of carbonyl (C=O) groups excluding carboxylic acids is 2. The molecule has 0 fully saturated rings. The molecule has 0 aliphatic carbocycles. The van der Waals surface area contributed by atoms with Gasteiger partial charge in [-0.3, -0.25) is 14.9 Å². The average molecular weight is 314 g/mol. The third kappa shape index (κ3) is 4.13. The minimum atomic E-state index is -0.527. The summed E-state index contributed by atoms with van der Waals surface area (Å²) in [5.74, 6) is -0.930. The maximum Gasteiger partial charge on any atom is 0.337 e. The molecule has 2 rings (SSSR count). The van der Waals surface area contributed by atoms with Gasteiger partial charge in [0, 0.05) is 17.3 Å². The van der Waals surface area contributed by atoms with Crippen LogP contribution >= 0.6 is 0 Å². The quantitative estimate of drug-likeness (QED) is 0.519. The topological polar surface area (TPSA) is 98.5 Å². The molecule has 0 unspecified atom stereocenters. The summed E-state index contributed by atoms with van der Waals surface area (Å²) in [6, 6.07) is 12.3. The highest BCUT2D eigenvalue weighted by molar-refractivity contribution is 5.95. The van der Waals surface area contributed by atoms with E-state index in [9.17, 15) is 19.7 Å². The molecule has 1 N–H and O–H groups in total. The van der Waals surface area contributed by atoms with E-state index in [1.807, 2.05) is 0 Å². The Morgan fingerprint density at radius 2 is 1.91 bits per heavy atom. The number of anilines is 1. The smallest absolute Gasteiger partial charge is 0.337 e.